The predicted octanol–water partition coefficient (Wildman–Crippen LogP) is 1.17. The van der Waals surface area contributed by atoms with Gasteiger partial charge in [-0.2, -0.15) is 0 Å². The SMILES string of the molecule is CC(=O)N1CCC(NCC(C(C)C)N(C)C)CC1. The molecule has 0 aromatic carbocycles. The van der Waals surface area contributed by atoms with Crippen molar-refractivity contribution >= 4 is 5.91 Å². The lowest BCUT2D eigenvalue weighted by molar-refractivity contribution is -0.129. The molecule has 0 aromatic rings. The number of hydrogen-bond acceptors (Lipinski definition) is 3. The van der Waals surface area contributed by atoms with Crippen LogP contribution in [-0.2, 0) is 4.79 Å². The van der Waals surface area contributed by atoms with Crippen LogP contribution in [0.4, 0.5) is 0 Å². The van der Waals surface area contributed by atoms with Gasteiger partial charge >= 0.3 is 0 Å². The van der Waals surface area contributed by atoms with Gasteiger partial charge in [0.25, 0.3) is 0 Å². The van der Waals surface area contributed by atoms with Crippen molar-refractivity contribution in [1.29, 1.82) is 0 Å². The highest BCUT2D eigenvalue weighted by Gasteiger charge is 2.22. The predicted molar refractivity (Wildman–Crippen MR) is 75.6 cm³/mol. The number of hydrogen-bond donors (Lipinski definition) is 1. The van der Waals surface area contributed by atoms with Crippen LogP contribution >= 0.6 is 0 Å². The monoisotopic (exact) mass is 255 g/mol. The van der Waals surface area contributed by atoms with Gasteiger partial charge in [0, 0.05) is 38.6 Å². The minimum atomic E-state index is 0.210. The fraction of sp³-hybridized carbons (Fsp3) is 0.929. The summed E-state index contributed by atoms with van der Waals surface area (Å²) in [6.07, 6.45) is 2.16. The Labute approximate surface area is 112 Å². The Morgan fingerprint density at radius 2 is 1.89 bits per heavy atom. The van der Waals surface area contributed by atoms with E-state index in [0.29, 0.717) is 18.0 Å². The number of rotatable bonds is 5. The number of likely N-dealkylation sites (N-methyl/N-ethyl adjacent to an activating group) is 1. The van der Waals surface area contributed by atoms with Gasteiger partial charge in [-0.15, -0.1) is 0 Å². The van der Waals surface area contributed by atoms with Crippen molar-refractivity contribution in [1.82, 2.24) is 15.1 Å². The number of carbonyl (C=O) groups excluding carboxylic acids is 1. The van der Waals surface area contributed by atoms with Crippen LogP contribution in [0.1, 0.15) is 33.6 Å². The quantitative estimate of drug-likeness (QED) is 0.801. The van der Waals surface area contributed by atoms with Crippen molar-refractivity contribution in [3.05, 3.63) is 0 Å². The molecule has 1 heterocycles. The standard InChI is InChI=1S/C14H29N3O/c1-11(2)14(16(4)5)10-15-13-6-8-17(9-7-13)12(3)18/h11,13-15H,6-10H2,1-5H3. The molecule has 0 spiro atoms. The van der Waals surface area contributed by atoms with Gasteiger partial charge in [0.05, 0.1) is 0 Å². The van der Waals surface area contributed by atoms with Crippen LogP contribution in [0.3, 0.4) is 0 Å². The molecule has 1 aliphatic rings. The smallest absolute Gasteiger partial charge is 0.219 e. The molecule has 1 fully saturated rings. The molecule has 0 bridgehead atoms. The second-order valence-electron chi connectivity index (χ2n) is 5.96. The summed E-state index contributed by atoms with van der Waals surface area (Å²) in [6, 6.07) is 1.15. The van der Waals surface area contributed by atoms with E-state index in [1.807, 2.05) is 4.90 Å². The molecule has 4 heteroatoms. The molecule has 106 valence electrons. The third-order valence-electron chi connectivity index (χ3n) is 3.99. The zero-order chi connectivity index (χ0) is 13.7. The van der Waals surface area contributed by atoms with Gasteiger partial charge in [0.15, 0.2) is 0 Å². The van der Waals surface area contributed by atoms with Crippen LogP contribution in [0.5, 0.6) is 0 Å². The summed E-state index contributed by atoms with van der Waals surface area (Å²) in [5.41, 5.74) is 0. The molecule has 0 radical (unpaired) electrons. The Kier molecular flexibility index (Phi) is 6.09. The topological polar surface area (TPSA) is 35.6 Å². The minimum Gasteiger partial charge on any atom is -0.343 e. The first-order valence-electron chi connectivity index (χ1n) is 7.07. The molecule has 1 unspecified atom stereocenters. The molecule has 0 saturated carbocycles. The summed E-state index contributed by atoms with van der Waals surface area (Å²) < 4.78 is 0. The van der Waals surface area contributed by atoms with Gasteiger partial charge in [0.1, 0.15) is 0 Å². The molecule has 1 aliphatic heterocycles. The van der Waals surface area contributed by atoms with E-state index in [1.54, 1.807) is 6.92 Å². The van der Waals surface area contributed by atoms with E-state index in [0.717, 1.165) is 32.5 Å². The Bertz CT molecular complexity index is 250. The van der Waals surface area contributed by atoms with Crippen molar-refractivity contribution in [2.24, 2.45) is 5.92 Å². The summed E-state index contributed by atoms with van der Waals surface area (Å²) in [7, 11) is 4.29. The highest BCUT2D eigenvalue weighted by Crippen LogP contribution is 2.12. The lowest BCUT2D eigenvalue weighted by Gasteiger charge is -2.34. The van der Waals surface area contributed by atoms with E-state index in [1.165, 1.54) is 0 Å². The van der Waals surface area contributed by atoms with E-state index >= 15 is 0 Å². The first-order chi connectivity index (χ1) is 8.41. The van der Waals surface area contributed by atoms with E-state index in [9.17, 15) is 4.79 Å². The van der Waals surface area contributed by atoms with Gasteiger partial charge in [-0.05, 0) is 32.9 Å². The van der Waals surface area contributed by atoms with Gasteiger partial charge in [-0.1, -0.05) is 13.8 Å². The molecule has 1 amide bonds. The zero-order valence-electron chi connectivity index (χ0n) is 12.6. The zero-order valence-corrected chi connectivity index (χ0v) is 12.6. The summed E-state index contributed by atoms with van der Waals surface area (Å²) >= 11 is 0. The van der Waals surface area contributed by atoms with Crippen LogP contribution < -0.4 is 5.32 Å². The summed E-state index contributed by atoms with van der Waals surface area (Å²) in [6.45, 7) is 9.04. The number of nitrogens with zero attached hydrogens (tertiary/aromatic N) is 2. The highest BCUT2D eigenvalue weighted by molar-refractivity contribution is 5.73. The number of carbonyl (C=O) groups is 1. The molecular weight excluding hydrogens is 226 g/mol. The summed E-state index contributed by atoms with van der Waals surface area (Å²) in [5, 5.41) is 3.66. The fourth-order valence-corrected chi connectivity index (χ4v) is 2.70. The van der Waals surface area contributed by atoms with E-state index in [4.69, 9.17) is 0 Å². The molecule has 1 rings (SSSR count). The second-order valence-corrected chi connectivity index (χ2v) is 5.96. The van der Waals surface area contributed by atoms with Crippen LogP contribution in [0.2, 0.25) is 0 Å². The van der Waals surface area contributed by atoms with Gasteiger partial charge < -0.3 is 15.1 Å². The van der Waals surface area contributed by atoms with Gasteiger partial charge in [0.2, 0.25) is 5.91 Å². The van der Waals surface area contributed by atoms with Crippen LogP contribution in [0.25, 0.3) is 0 Å². The molecule has 1 atom stereocenters. The van der Waals surface area contributed by atoms with Crippen LogP contribution in [0.15, 0.2) is 0 Å². The average molecular weight is 255 g/mol. The summed E-state index contributed by atoms with van der Waals surface area (Å²) in [4.78, 5) is 15.5. The number of piperidine rings is 1. The van der Waals surface area contributed by atoms with E-state index in [2.05, 4.69) is 38.2 Å². The number of amides is 1. The van der Waals surface area contributed by atoms with Crippen LogP contribution in [-0.4, -0.2) is 61.5 Å². The minimum absolute atomic E-state index is 0.210. The second kappa shape index (κ2) is 7.10. The highest BCUT2D eigenvalue weighted by atomic mass is 16.2. The maximum atomic E-state index is 11.2. The fourth-order valence-electron chi connectivity index (χ4n) is 2.70. The maximum absolute atomic E-state index is 11.2. The van der Waals surface area contributed by atoms with E-state index < -0.39 is 0 Å². The molecule has 4 nitrogen and oxygen atoms in total. The molecular formula is C14H29N3O. The Morgan fingerprint density at radius 1 is 1.33 bits per heavy atom. The normalized spacial score (nSPS) is 19.6. The van der Waals surface area contributed by atoms with Crippen molar-refractivity contribution in [3.8, 4) is 0 Å². The molecule has 0 aliphatic carbocycles. The Morgan fingerprint density at radius 3 is 2.28 bits per heavy atom. The van der Waals surface area contributed by atoms with E-state index in [-0.39, 0.29) is 5.91 Å². The van der Waals surface area contributed by atoms with Crippen molar-refractivity contribution in [2.45, 2.75) is 45.7 Å². The third kappa shape index (κ3) is 4.58. The Balaban J connectivity index is 2.30. The molecule has 1 N–H and O–H groups in total. The molecule has 1 saturated heterocycles. The lowest BCUT2D eigenvalue weighted by atomic mass is 10.0. The maximum Gasteiger partial charge on any atom is 0.219 e. The third-order valence-corrected chi connectivity index (χ3v) is 3.99. The van der Waals surface area contributed by atoms with Crippen LogP contribution in [0, 0.1) is 5.92 Å². The van der Waals surface area contributed by atoms with Gasteiger partial charge in [-0.25, -0.2) is 0 Å². The summed E-state index contributed by atoms with van der Waals surface area (Å²) in [5.74, 6) is 0.867. The van der Waals surface area contributed by atoms with Crippen molar-refractivity contribution in [3.63, 3.8) is 0 Å². The molecule has 0 aromatic heterocycles. The largest absolute Gasteiger partial charge is 0.343 e. The van der Waals surface area contributed by atoms with Crippen molar-refractivity contribution < 1.29 is 4.79 Å². The number of nitrogens with one attached hydrogen (secondary N) is 1. The van der Waals surface area contributed by atoms with Gasteiger partial charge in [-0.3, -0.25) is 4.79 Å². The molecule has 18 heavy (non-hydrogen) atoms. The first kappa shape index (κ1) is 15.4. The number of likely N-dealkylation sites (tertiary alicyclic amines) is 1. The average Bonchev–Trinajstić information content (AvgIpc) is 2.28. The lowest BCUT2D eigenvalue weighted by Crippen LogP contribution is -2.49. The van der Waals surface area contributed by atoms with Crippen molar-refractivity contribution in [2.75, 3.05) is 33.7 Å². The first-order valence-corrected chi connectivity index (χ1v) is 7.07. The Hall–Kier alpha value is -0.610.